The number of nitrogens with zero attached hydrogens (tertiary/aromatic N) is 3. The monoisotopic (exact) mass is 444 g/mol. The summed E-state index contributed by atoms with van der Waals surface area (Å²) in [4.78, 5) is 31.9. The SMILES string of the molecule is CC1CCN(C(=O)Cn2c(CCCNC(=O)/C=C\c3ccccc3)nc3ccccc32)CC1. The van der Waals surface area contributed by atoms with Crippen LogP contribution in [0.15, 0.2) is 60.7 Å². The van der Waals surface area contributed by atoms with Crippen molar-refractivity contribution in [1.29, 1.82) is 0 Å². The molecule has 1 fully saturated rings. The first kappa shape index (κ1) is 22.8. The number of imidazole rings is 1. The predicted molar refractivity (Wildman–Crippen MR) is 132 cm³/mol. The highest BCUT2D eigenvalue weighted by Gasteiger charge is 2.22. The van der Waals surface area contributed by atoms with E-state index in [1.807, 2.05) is 70.1 Å². The molecule has 1 aliphatic heterocycles. The summed E-state index contributed by atoms with van der Waals surface area (Å²) < 4.78 is 2.05. The first-order valence-corrected chi connectivity index (χ1v) is 11.8. The number of carbonyl (C=O) groups is 2. The predicted octanol–water partition coefficient (Wildman–Crippen LogP) is 4.06. The summed E-state index contributed by atoms with van der Waals surface area (Å²) in [6, 6.07) is 17.7. The lowest BCUT2D eigenvalue weighted by atomic mass is 9.99. The molecule has 1 aliphatic rings. The van der Waals surface area contributed by atoms with Gasteiger partial charge in [0, 0.05) is 32.1 Å². The molecule has 172 valence electrons. The zero-order valence-corrected chi connectivity index (χ0v) is 19.2. The van der Waals surface area contributed by atoms with E-state index >= 15 is 0 Å². The smallest absolute Gasteiger partial charge is 0.243 e. The standard InChI is InChI=1S/C27H32N4O2/c1-21-15-18-30(19-16-21)27(33)20-31-24-11-6-5-10-23(24)29-25(31)12-7-17-28-26(32)14-13-22-8-3-2-4-9-22/h2-6,8-11,13-14,21H,7,12,15-20H2,1H3,(H,28,32)/b14-13-. The Morgan fingerprint density at radius 1 is 1.06 bits per heavy atom. The van der Waals surface area contributed by atoms with E-state index in [0.717, 1.165) is 54.8 Å². The summed E-state index contributed by atoms with van der Waals surface area (Å²) in [5, 5.41) is 2.94. The van der Waals surface area contributed by atoms with E-state index in [9.17, 15) is 9.59 Å². The van der Waals surface area contributed by atoms with Gasteiger partial charge in [-0.2, -0.15) is 0 Å². The molecule has 0 spiro atoms. The number of carbonyl (C=O) groups excluding carboxylic acids is 2. The van der Waals surface area contributed by atoms with E-state index in [-0.39, 0.29) is 11.8 Å². The number of likely N-dealkylation sites (tertiary alicyclic amines) is 1. The minimum absolute atomic E-state index is 0.109. The highest BCUT2D eigenvalue weighted by Crippen LogP contribution is 2.20. The summed E-state index contributed by atoms with van der Waals surface area (Å²) in [7, 11) is 0. The Morgan fingerprint density at radius 2 is 1.79 bits per heavy atom. The molecule has 3 aromatic rings. The first-order chi connectivity index (χ1) is 16.1. The molecule has 1 saturated heterocycles. The van der Waals surface area contributed by atoms with Gasteiger partial charge in [0.2, 0.25) is 11.8 Å². The van der Waals surface area contributed by atoms with Crippen LogP contribution in [0.5, 0.6) is 0 Å². The van der Waals surface area contributed by atoms with Crippen molar-refractivity contribution in [3.05, 3.63) is 72.1 Å². The van der Waals surface area contributed by atoms with Crippen molar-refractivity contribution in [2.24, 2.45) is 5.92 Å². The lowest BCUT2D eigenvalue weighted by Crippen LogP contribution is -2.40. The van der Waals surface area contributed by atoms with Crippen molar-refractivity contribution in [2.75, 3.05) is 19.6 Å². The lowest BCUT2D eigenvalue weighted by molar-refractivity contribution is -0.133. The maximum atomic E-state index is 13.0. The summed E-state index contributed by atoms with van der Waals surface area (Å²) in [5.41, 5.74) is 2.89. The molecule has 0 atom stereocenters. The first-order valence-electron chi connectivity index (χ1n) is 11.8. The second-order valence-corrected chi connectivity index (χ2v) is 8.80. The number of benzene rings is 2. The number of hydrogen-bond donors (Lipinski definition) is 1. The maximum Gasteiger partial charge on any atom is 0.243 e. The average Bonchev–Trinajstić information content (AvgIpc) is 3.18. The third-order valence-electron chi connectivity index (χ3n) is 6.27. The van der Waals surface area contributed by atoms with Crippen LogP contribution in [-0.4, -0.2) is 45.9 Å². The quantitative estimate of drug-likeness (QED) is 0.421. The number of hydrogen-bond acceptors (Lipinski definition) is 3. The molecular formula is C27H32N4O2. The van der Waals surface area contributed by atoms with E-state index in [4.69, 9.17) is 4.98 Å². The molecule has 1 aromatic heterocycles. The van der Waals surface area contributed by atoms with Crippen LogP contribution >= 0.6 is 0 Å². The number of rotatable bonds is 8. The van der Waals surface area contributed by atoms with Crippen LogP contribution in [0.25, 0.3) is 17.1 Å². The Hall–Kier alpha value is -3.41. The van der Waals surface area contributed by atoms with Crippen LogP contribution in [0.4, 0.5) is 0 Å². The Morgan fingerprint density at radius 3 is 2.58 bits per heavy atom. The Balaban J connectivity index is 1.35. The molecule has 6 nitrogen and oxygen atoms in total. The molecule has 1 N–H and O–H groups in total. The molecule has 6 heteroatoms. The molecular weight excluding hydrogens is 412 g/mol. The summed E-state index contributed by atoms with van der Waals surface area (Å²) in [6.45, 7) is 4.80. The van der Waals surface area contributed by atoms with Crippen molar-refractivity contribution >= 4 is 28.9 Å². The van der Waals surface area contributed by atoms with Crippen molar-refractivity contribution in [2.45, 2.75) is 39.2 Å². The van der Waals surface area contributed by atoms with Gasteiger partial charge in [0.15, 0.2) is 0 Å². The number of aryl methyl sites for hydroxylation is 1. The maximum absolute atomic E-state index is 13.0. The van der Waals surface area contributed by atoms with Gasteiger partial charge >= 0.3 is 0 Å². The number of piperidine rings is 1. The highest BCUT2D eigenvalue weighted by atomic mass is 16.2. The van der Waals surface area contributed by atoms with Crippen LogP contribution < -0.4 is 5.32 Å². The van der Waals surface area contributed by atoms with Crippen LogP contribution in [0, 0.1) is 5.92 Å². The third kappa shape index (κ3) is 6.09. The highest BCUT2D eigenvalue weighted by molar-refractivity contribution is 5.91. The number of aromatic nitrogens is 2. The van der Waals surface area contributed by atoms with Gasteiger partial charge in [0.1, 0.15) is 12.4 Å². The number of nitrogens with one attached hydrogen (secondary N) is 1. The van der Waals surface area contributed by atoms with E-state index < -0.39 is 0 Å². The van der Waals surface area contributed by atoms with E-state index in [1.165, 1.54) is 0 Å². The summed E-state index contributed by atoms with van der Waals surface area (Å²) in [6.07, 6.45) is 6.96. The molecule has 2 aromatic carbocycles. The van der Waals surface area contributed by atoms with Gasteiger partial charge in [-0.15, -0.1) is 0 Å². The van der Waals surface area contributed by atoms with Gasteiger partial charge in [-0.1, -0.05) is 49.4 Å². The Bertz CT molecular complexity index is 1110. The van der Waals surface area contributed by atoms with Gasteiger partial charge in [-0.05, 0) is 49.0 Å². The van der Waals surface area contributed by atoms with E-state index in [0.29, 0.717) is 25.4 Å². The molecule has 4 rings (SSSR count). The normalized spacial score (nSPS) is 14.8. The Kier molecular flexibility index (Phi) is 7.55. The molecule has 0 saturated carbocycles. The zero-order chi connectivity index (χ0) is 23.0. The molecule has 33 heavy (non-hydrogen) atoms. The number of fused-ring (bicyclic) bond motifs is 1. The fraction of sp³-hybridized carbons (Fsp3) is 0.370. The van der Waals surface area contributed by atoms with E-state index in [2.05, 4.69) is 12.2 Å². The Labute approximate surface area is 195 Å². The van der Waals surface area contributed by atoms with Crippen molar-refractivity contribution in [3.8, 4) is 0 Å². The molecule has 0 radical (unpaired) electrons. The largest absolute Gasteiger partial charge is 0.353 e. The minimum atomic E-state index is -0.109. The molecule has 0 bridgehead atoms. The fourth-order valence-electron chi connectivity index (χ4n) is 4.24. The van der Waals surface area contributed by atoms with Crippen molar-refractivity contribution < 1.29 is 9.59 Å². The lowest BCUT2D eigenvalue weighted by Gasteiger charge is -2.30. The molecule has 0 aliphatic carbocycles. The van der Waals surface area contributed by atoms with Crippen molar-refractivity contribution in [3.63, 3.8) is 0 Å². The molecule has 2 heterocycles. The van der Waals surface area contributed by atoms with Crippen LogP contribution in [0.3, 0.4) is 0 Å². The van der Waals surface area contributed by atoms with Crippen LogP contribution in [0.1, 0.15) is 37.6 Å². The zero-order valence-electron chi connectivity index (χ0n) is 19.2. The minimum Gasteiger partial charge on any atom is -0.353 e. The van der Waals surface area contributed by atoms with E-state index in [1.54, 1.807) is 6.08 Å². The molecule has 2 amide bonds. The van der Waals surface area contributed by atoms with Crippen molar-refractivity contribution in [1.82, 2.24) is 19.8 Å². The van der Waals surface area contributed by atoms with Crippen LogP contribution in [-0.2, 0) is 22.6 Å². The second kappa shape index (κ2) is 10.9. The number of para-hydroxylation sites is 2. The third-order valence-corrected chi connectivity index (χ3v) is 6.27. The van der Waals surface area contributed by atoms with Gasteiger partial charge in [-0.3, -0.25) is 9.59 Å². The van der Waals surface area contributed by atoms with Gasteiger partial charge < -0.3 is 14.8 Å². The summed E-state index contributed by atoms with van der Waals surface area (Å²) in [5.74, 6) is 1.63. The second-order valence-electron chi connectivity index (χ2n) is 8.80. The number of amides is 2. The topological polar surface area (TPSA) is 67.2 Å². The van der Waals surface area contributed by atoms with Gasteiger partial charge in [0.05, 0.1) is 11.0 Å². The van der Waals surface area contributed by atoms with Gasteiger partial charge in [-0.25, -0.2) is 4.98 Å². The molecule has 0 unspecified atom stereocenters. The average molecular weight is 445 g/mol. The van der Waals surface area contributed by atoms with Gasteiger partial charge in [0.25, 0.3) is 0 Å². The van der Waals surface area contributed by atoms with Crippen LogP contribution in [0.2, 0.25) is 0 Å². The fourth-order valence-corrected chi connectivity index (χ4v) is 4.24. The summed E-state index contributed by atoms with van der Waals surface area (Å²) >= 11 is 0.